The largest absolute Gasteiger partial charge is 0.481 e. The van der Waals surface area contributed by atoms with E-state index in [0.29, 0.717) is 12.8 Å². The molecule has 0 fully saturated rings. The number of fused-ring (bicyclic) bond motifs is 1. The third-order valence-electron chi connectivity index (χ3n) is 3.59. The van der Waals surface area contributed by atoms with Crippen molar-refractivity contribution in [2.24, 2.45) is 0 Å². The molecular weight excluding hydrogens is 242 g/mol. The fourth-order valence-electron chi connectivity index (χ4n) is 2.47. The third-order valence-corrected chi connectivity index (χ3v) is 3.59. The Morgan fingerprint density at radius 3 is 2.84 bits per heavy atom. The summed E-state index contributed by atoms with van der Waals surface area (Å²) in [6, 6.07) is 6.19. The zero-order valence-electron chi connectivity index (χ0n) is 11.2. The van der Waals surface area contributed by atoms with E-state index in [4.69, 9.17) is 5.11 Å². The summed E-state index contributed by atoms with van der Waals surface area (Å²) in [7, 11) is 1.81. The number of benzene rings is 1. The molecule has 0 bridgehead atoms. The summed E-state index contributed by atoms with van der Waals surface area (Å²) in [5.41, 5.74) is 3.45. The minimum Gasteiger partial charge on any atom is -0.481 e. The van der Waals surface area contributed by atoms with Crippen molar-refractivity contribution in [1.82, 2.24) is 0 Å². The van der Waals surface area contributed by atoms with Crippen LogP contribution in [0.3, 0.4) is 0 Å². The average molecular weight is 261 g/mol. The van der Waals surface area contributed by atoms with Gasteiger partial charge in [0, 0.05) is 25.6 Å². The fourth-order valence-corrected chi connectivity index (χ4v) is 2.47. The molecule has 0 saturated heterocycles. The topological polar surface area (TPSA) is 57.6 Å². The van der Waals surface area contributed by atoms with Crippen LogP contribution >= 0.6 is 0 Å². The Balaban J connectivity index is 1.97. The van der Waals surface area contributed by atoms with Gasteiger partial charge in [0.25, 0.3) is 0 Å². The zero-order chi connectivity index (χ0) is 13.8. The lowest BCUT2D eigenvalue weighted by Crippen LogP contribution is -2.31. The van der Waals surface area contributed by atoms with Gasteiger partial charge in [-0.2, -0.15) is 0 Å². The van der Waals surface area contributed by atoms with Crippen LogP contribution < -0.4 is 4.90 Å². The molecule has 1 aromatic rings. The number of aliphatic carboxylic acids is 1. The van der Waals surface area contributed by atoms with Gasteiger partial charge in [-0.3, -0.25) is 9.59 Å². The van der Waals surface area contributed by atoms with Crippen molar-refractivity contribution in [3.63, 3.8) is 0 Å². The molecule has 0 atom stereocenters. The highest BCUT2D eigenvalue weighted by Crippen LogP contribution is 2.28. The number of unbranched alkanes of at least 4 members (excludes halogenated alkanes) is 1. The van der Waals surface area contributed by atoms with E-state index in [2.05, 4.69) is 6.07 Å². The summed E-state index contributed by atoms with van der Waals surface area (Å²) < 4.78 is 0. The first-order chi connectivity index (χ1) is 9.08. The van der Waals surface area contributed by atoms with Crippen molar-refractivity contribution >= 4 is 17.6 Å². The summed E-state index contributed by atoms with van der Waals surface area (Å²) in [6.45, 7) is 0. The van der Waals surface area contributed by atoms with E-state index in [0.717, 1.165) is 24.9 Å². The SMILES string of the molecule is CN1C(=O)CCc2cc(CCCCC(=O)O)ccc21. The molecule has 1 aliphatic heterocycles. The number of carbonyl (C=O) groups is 2. The van der Waals surface area contributed by atoms with E-state index in [1.54, 1.807) is 4.90 Å². The Morgan fingerprint density at radius 2 is 2.11 bits per heavy atom. The number of nitrogens with zero attached hydrogens (tertiary/aromatic N) is 1. The quantitative estimate of drug-likeness (QED) is 0.828. The zero-order valence-corrected chi connectivity index (χ0v) is 11.2. The highest BCUT2D eigenvalue weighted by molar-refractivity contribution is 5.95. The second-order valence-corrected chi connectivity index (χ2v) is 5.02. The van der Waals surface area contributed by atoms with Crippen molar-refractivity contribution in [3.05, 3.63) is 29.3 Å². The van der Waals surface area contributed by atoms with Gasteiger partial charge in [0.05, 0.1) is 0 Å². The first-order valence-corrected chi connectivity index (χ1v) is 6.68. The lowest BCUT2D eigenvalue weighted by atomic mass is 9.97. The first-order valence-electron chi connectivity index (χ1n) is 6.68. The van der Waals surface area contributed by atoms with Crippen LogP contribution in [0, 0.1) is 0 Å². The number of amides is 1. The van der Waals surface area contributed by atoms with Gasteiger partial charge in [-0.05, 0) is 42.9 Å². The molecule has 1 aliphatic rings. The Kier molecular flexibility index (Phi) is 4.20. The number of hydrogen-bond acceptors (Lipinski definition) is 2. The molecule has 1 heterocycles. The maximum absolute atomic E-state index is 11.6. The van der Waals surface area contributed by atoms with Crippen LogP contribution in [0.4, 0.5) is 5.69 Å². The van der Waals surface area contributed by atoms with Crippen LogP contribution in [0.15, 0.2) is 18.2 Å². The van der Waals surface area contributed by atoms with E-state index in [1.807, 2.05) is 19.2 Å². The molecule has 1 N–H and O–H groups in total. The molecule has 102 valence electrons. The lowest BCUT2D eigenvalue weighted by molar-refractivity contribution is -0.137. The minimum atomic E-state index is -0.731. The summed E-state index contributed by atoms with van der Waals surface area (Å²) in [5, 5.41) is 8.59. The second kappa shape index (κ2) is 5.87. The molecule has 0 unspecified atom stereocenters. The lowest BCUT2D eigenvalue weighted by Gasteiger charge is -2.26. The number of carboxylic acids is 1. The molecule has 19 heavy (non-hydrogen) atoms. The molecule has 0 saturated carbocycles. The monoisotopic (exact) mass is 261 g/mol. The van der Waals surface area contributed by atoms with Gasteiger partial charge in [-0.1, -0.05) is 12.1 Å². The molecule has 2 rings (SSSR count). The van der Waals surface area contributed by atoms with Gasteiger partial charge in [-0.15, -0.1) is 0 Å². The van der Waals surface area contributed by atoms with Crippen molar-refractivity contribution in [3.8, 4) is 0 Å². The van der Waals surface area contributed by atoms with Crippen molar-refractivity contribution in [2.45, 2.75) is 38.5 Å². The highest BCUT2D eigenvalue weighted by Gasteiger charge is 2.20. The third kappa shape index (κ3) is 3.34. The number of carboxylic acid groups (broad SMARTS) is 1. The predicted molar refractivity (Wildman–Crippen MR) is 73.4 cm³/mol. The van der Waals surface area contributed by atoms with Crippen LogP contribution in [0.1, 0.15) is 36.8 Å². The Hall–Kier alpha value is -1.84. The van der Waals surface area contributed by atoms with E-state index < -0.39 is 5.97 Å². The Bertz CT molecular complexity index is 496. The molecule has 0 spiro atoms. The molecule has 4 nitrogen and oxygen atoms in total. The van der Waals surface area contributed by atoms with Crippen LogP contribution in [0.25, 0.3) is 0 Å². The smallest absolute Gasteiger partial charge is 0.303 e. The minimum absolute atomic E-state index is 0.168. The predicted octanol–water partition coefficient (Wildman–Crippen LogP) is 2.39. The van der Waals surface area contributed by atoms with Gasteiger partial charge < -0.3 is 10.0 Å². The standard InChI is InChI=1S/C15H19NO3/c1-16-13-8-6-11(4-2-3-5-15(18)19)10-12(13)7-9-14(16)17/h6,8,10H,2-5,7,9H2,1H3,(H,18,19). The summed E-state index contributed by atoms with van der Waals surface area (Å²) in [6.07, 6.45) is 4.12. The van der Waals surface area contributed by atoms with Gasteiger partial charge in [-0.25, -0.2) is 0 Å². The van der Waals surface area contributed by atoms with Crippen molar-refractivity contribution < 1.29 is 14.7 Å². The summed E-state index contributed by atoms with van der Waals surface area (Å²) >= 11 is 0. The van der Waals surface area contributed by atoms with Gasteiger partial charge in [0.15, 0.2) is 0 Å². The maximum atomic E-state index is 11.6. The normalized spacial score (nSPS) is 14.4. The summed E-state index contributed by atoms with van der Waals surface area (Å²) in [5.74, 6) is -0.563. The fraction of sp³-hybridized carbons (Fsp3) is 0.467. The number of carbonyl (C=O) groups excluding carboxylic acids is 1. The van der Waals surface area contributed by atoms with Crippen molar-refractivity contribution in [1.29, 1.82) is 0 Å². The Labute approximate surface area is 113 Å². The molecule has 0 radical (unpaired) electrons. The van der Waals surface area contributed by atoms with Gasteiger partial charge in [0.1, 0.15) is 0 Å². The molecule has 0 aliphatic carbocycles. The first kappa shape index (κ1) is 13.6. The van der Waals surface area contributed by atoms with Crippen LogP contribution in [0.2, 0.25) is 0 Å². The molecule has 1 amide bonds. The van der Waals surface area contributed by atoms with E-state index in [1.165, 1.54) is 11.1 Å². The van der Waals surface area contributed by atoms with Crippen LogP contribution in [-0.4, -0.2) is 24.0 Å². The maximum Gasteiger partial charge on any atom is 0.303 e. The van der Waals surface area contributed by atoms with E-state index >= 15 is 0 Å². The number of rotatable bonds is 5. The molecule has 0 aromatic heterocycles. The summed E-state index contributed by atoms with van der Waals surface area (Å²) in [4.78, 5) is 23.7. The van der Waals surface area contributed by atoms with Crippen molar-refractivity contribution in [2.75, 3.05) is 11.9 Å². The van der Waals surface area contributed by atoms with Crippen LogP contribution in [-0.2, 0) is 22.4 Å². The van der Waals surface area contributed by atoms with Gasteiger partial charge in [0.2, 0.25) is 5.91 Å². The molecule has 1 aromatic carbocycles. The second-order valence-electron chi connectivity index (χ2n) is 5.02. The molecular formula is C15H19NO3. The van der Waals surface area contributed by atoms with E-state index in [9.17, 15) is 9.59 Å². The molecule has 4 heteroatoms. The number of aryl methyl sites for hydroxylation is 2. The van der Waals surface area contributed by atoms with Gasteiger partial charge >= 0.3 is 5.97 Å². The van der Waals surface area contributed by atoms with E-state index in [-0.39, 0.29) is 12.3 Å². The van der Waals surface area contributed by atoms with Crippen LogP contribution in [0.5, 0.6) is 0 Å². The number of anilines is 1. The Morgan fingerprint density at radius 1 is 1.32 bits per heavy atom. The average Bonchev–Trinajstić information content (AvgIpc) is 2.39. The number of hydrogen-bond donors (Lipinski definition) is 1. The highest BCUT2D eigenvalue weighted by atomic mass is 16.4.